The zero-order valence-electron chi connectivity index (χ0n) is 19.4. The second-order valence-electron chi connectivity index (χ2n) is 8.74. The Morgan fingerprint density at radius 2 is 1.68 bits per heavy atom. The topological polar surface area (TPSA) is 67.2 Å². The molecule has 1 N–H and O–H groups in total. The van der Waals surface area contributed by atoms with Crippen molar-refractivity contribution in [1.82, 2.24) is 14.5 Å². The van der Waals surface area contributed by atoms with Crippen LogP contribution in [0.4, 0.5) is 5.69 Å². The van der Waals surface area contributed by atoms with Crippen LogP contribution >= 0.6 is 0 Å². The number of imidazole rings is 1. The number of carbonyl (C=O) groups excluding carboxylic acids is 2. The highest BCUT2D eigenvalue weighted by Crippen LogP contribution is 2.37. The monoisotopic (exact) mass is 452 g/mol. The lowest BCUT2D eigenvalue weighted by Gasteiger charge is -2.38. The number of rotatable bonds is 6. The third-order valence-corrected chi connectivity index (χ3v) is 6.59. The number of amides is 2. The Morgan fingerprint density at radius 3 is 2.47 bits per heavy atom. The standard InChI is InChI=1S/C28H28N4O2/c1-3-21-13-7-8-14-22(21)29-26(33)17-25-28(34)31(18-20-11-5-4-6-12-20)19(2)27-30-23-15-9-10-16-24(23)32(25)27/h4-16,19,25H,3,17-18H2,1-2H3,(H,29,33)/t19-,25+/m0/s1. The molecule has 0 spiro atoms. The van der Waals surface area contributed by atoms with Crippen molar-refractivity contribution in [3.05, 3.63) is 95.8 Å². The molecule has 1 aromatic heterocycles. The summed E-state index contributed by atoms with van der Waals surface area (Å²) in [5, 5.41) is 3.03. The molecule has 1 aliphatic heterocycles. The summed E-state index contributed by atoms with van der Waals surface area (Å²) in [6.45, 7) is 4.54. The zero-order valence-corrected chi connectivity index (χ0v) is 19.4. The molecule has 3 aromatic carbocycles. The van der Waals surface area contributed by atoms with Gasteiger partial charge in [0.05, 0.1) is 23.5 Å². The van der Waals surface area contributed by atoms with Crippen LogP contribution in [0.5, 0.6) is 0 Å². The molecule has 0 bridgehead atoms. The zero-order chi connectivity index (χ0) is 23.7. The van der Waals surface area contributed by atoms with Crippen molar-refractivity contribution in [1.29, 1.82) is 0 Å². The molecule has 4 aromatic rings. The maximum Gasteiger partial charge on any atom is 0.247 e. The van der Waals surface area contributed by atoms with Crippen molar-refractivity contribution < 1.29 is 9.59 Å². The van der Waals surface area contributed by atoms with Gasteiger partial charge in [-0.1, -0.05) is 67.6 Å². The first-order valence-corrected chi connectivity index (χ1v) is 11.8. The van der Waals surface area contributed by atoms with Gasteiger partial charge in [0.15, 0.2) is 0 Å². The van der Waals surface area contributed by atoms with Gasteiger partial charge >= 0.3 is 0 Å². The highest BCUT2D eigenvalue weighted by atomic mass is 16.2. The number of hydrogen-bond donors (Lipinski definition) is 1. The van der Waals surface area contributed by atoms with Gasteiger partial charge in [-0.3, -0.25) is 9.59 Å². The minimum absolute atomic E-state index is 0.0439. The van der Waals surface area contributed by atoms with Crippen LogP contribution in [0.3, 0.4) is 0 Å². The van der Waals surface area contributed by atoms with Crippen LogP contribution in [0.1, 0.15) is 49.3 Å². The van der Waals surface area contributed by atoms with Crippen molar-refractivity contribution in [2.24, 2.45) is 0 Å². The number of nitrogens with one attached hydrogen (secondary N) is 1. The molecule has 0 saturated heterocycles. The molecule has 2 heterocycles. The summed E-state index contributed by atoms with van der Waals surface area (Å²) < 4.78 is 1.97. The third kappa shape index (κ3) is 3.96. The van der Waals surface area contributed by atoms with Crippen LogP contribution in [0.25, 0.3) is 11.0 Å². The van der Waals surface area contributed by atoms with Gasteiger partial charge in [0.25, 0.3) is 0 Å². The van der Waals surface area contributed by atoms with Crippen molar-refractivity contribution in [2.75, 3.05) is 5.32 Å². The van der Waals surface area contributed by atoms with E-state index in [4.69, 9.17) is 4.98 Å². The molecule has 6 nitrogen and oxygen atoms in total. The predicted octanol–water partition coefficient (Wildman–Crippen LogP) is 5.27. The van der Waals surface area contributed by atoms with E-state index in [1.165, 1.54) is 0 Å². The molecule has 34 heavy (non-hydrogen) atoms. The van der Waals surface area contributed by atoms with E-state index >= 15 is 0 Å². The Hall–Kier alpha value is -3.93. The number of carbonyl (C=O) groups is 2. The van der Waals surface area contributed by atoms with Gasteiger partial charge in [-0.15, -0.1) is 0 Å². The Labute approximate surface area is 199 Å². The van der Waals surface area contributed by atoms with E-state index in [1.807, 2.05) is 95.3 Å². The van der Waals surface area contributed by atoms with Gasteiger partial charge in [-0.05, 0) is 42.7 Å². The molecule has 0 unspecified atom stereocenters. The van der Waals surface area contributed by atoms with Crippen molar-refractivity contribution >= 4 is 28.5 Å². The normalized spacial score (nSPS) is 17.6. The van der Waals surface area contributed by atoms with E-state index in [2.05, 4.69) is 12.2 Å². The van der Waals surface area contributed by atoms with Crippen molar-refractivity contribution in [3.8, 4) is 0 Å². The number of benzene rings is 3. The van der Waals surface area contributed by atoms with Gasteiger partial charge in [0.1, 0.15) is 11.9 Å². The summed E-state index contributed by atoms with van der Waals surface area (Å²) in [5.74, 6) is 0.562. The summed E-state index contributed by atoms with van der Waals surface area (Å²) >= 11 is 0. The quantitative estimate of drug-likeness (QED) is 0.433. The minimum atomic E-state index is -0.656. The second-order valence-corrected chi connectivity index (χ2v) is 8.74. The average molecular weight is 453 g/mol. The Balaban J connectivity index is 1.51. The van der Waals surface area contributed by atoms with Crippen LogP contribution in [0.15, 0.2) is 78.9 Å². The maximum atomic E-state index is 13.9. The van der Waals surface area contributed by atoms with E-state index in [0.717, 1.165) is 40.1 Å². The first-order valence-electron chi connectivity index (χ1n) is 11.8. The molecule has 0 aliphatic carbocycles. The molecule has 0 radical (unpaired) electrons. The molecule has 172 valence electrons. The van der Waals surface area contributed by atoms with E-state index in [0.29, 0.717) is 6.54 Å². The molecule has 1 aliphatic rings. The van der Waals surface area contributed by atoms with Crippen LogP contribution in [0.2, 0.25) is 0 Å². The minimum Gasteiger partial charge on any atom is -0.327 e. The number of aromatic nitrogens is 2. The fourth-order valence-electron chi connectivity index (χ4n) is 4.82. The van der Waals surface area contributed by atoms with Crippen LogP contribution in [0, 0.1) is 0 Å². The van der Waals surface area contributed by atoms with Crippen LogP contribution < -0.4 is 5.32 Å². The molecule has 0 saturated carbocycles. The lowest BCUT2D eigenvalue weighted by molar-refractivity contribution is -0.142. The van der Waals surface area contributed by atoms with E-state index in [1.54, 1.807) is 0 Å². The number of fused-ring (bicyclic) bond motifs is 3. The average Bonchev–Trinajstić information content (AvgIpc) is 3.25. The Morgan fingerprint density at radius 1 is 0.971 bits per heavy atom. The number of anilines is 1. The first-order chi connectivity index (χ1) is 16.6. The Bertz CT molecular complexity index is 1350. The molecular formula is C28H28N4O2. The van der Waals surface area contributed by atoms with E-state index in [-0.39, 0.29) is 24.3 Å². The predicted molar refractivity (Wildman–Crippen MR) is 133 cm³/mol. The summed E-state index contributed by atoms with van der Waals surface area (Å²) in [4.78, 5) is 33.8. The SMILES string of the molecule is CCc1ccccc1NC(=O)C[C@@H]1C(=O)N(Cc2ccccc2)[C@@H](C)c2nc3ccccc3n21. The van der Waals surface area contributed by atoms with Crippen molar-refractivity contribution in [2.45, 2.75) is 45.3 Å². The molecule has 0 fully saturated rings. The first kappa shape index (κ1) is 21.9. The summed E-state index contributed by atoms with van der Waals surface area (Å²) in [5.41, 5.74) is 4.62. The van der Waals surface area contributed by atoms with Gasteiger partial charge < -0.3 is 14.8 Å². The lowest BCUT2D eigenvalue weighted by Crippen LogP contribution is -2.45. The van der Waals surface area contributed by atoms with Gasteiger partial charge in [0.2, 0.25) is 11.8 Å². The fraction of sp³-hybridized carbons (Fsp3) is 0.250. The summed E-state index contributed by atoms with van der Waals surface area (Å²) in [7, 11) is 0. The van der Waals surface area contributed by atoms with Crippen molar-refractivity contribution in [3.63, 3.8) is 0 Å². The number of aryl methyl sites for hydroxylation is 1. The molecular weight excluding hydrogens is 424 g/mol. The lowest BCUT2D eigenvalue weighted by atomic mass is 10.0. The summed E-state index contributed by atoms with van der Waals surface area (Å²) in [6.07, 6.45) is 0.861. The Kier molecular flexibility index (Phi) is 5.88. The molecule has 5 rings (SSSR count). The second kappa shape index (κ2) is 9.14. The van der Waals surface area contributed by atoms with E-state index < -0.39 is 6.04 Å². The fourth-order valence-corrected chi connectivity index (χ4v) is 4.82. The van der Waals surface area contributed by atoms with E-state index in [9.17, 15) is 9.59 Å². The van der Waals surface area contributed by atoms with Gasteiger partial charge in [-0.2, -0.15) is 0 Å². The van der Waals surface area contributed by atoms with Crippen LogP contribution in [-0.2, 0) is 22.6 Å². The molecule has 2 amide bonds. The van der Waals surface area contributed by atoms with Gasteiger partial charge in [0, 0.05) is 12.2 Å². The largest absolute Gasteiger partial charge is 0.327 e. The van der Waals surface area contributed by atoms with Gasteiger partial charge in [-0.25, -0.2) is 4.98 Å². The highest BCUT2D eigenvalue weighted by Gasteiger charge is 2.40. The third-order valence-electron chi connectivity index (χ3n) is 6.59. The number of nitrogens with zero attached hydrogens (tertiary/aromatic N) is 3. The number of para-hydroxylation sites is 3. The maximum absolute atomic E-state index is 13.9. The summed E-state index contributed by atoms with van der Waals surface area (Å²) in [6, 6.07) is 24.7. The number of hydrogen-bond acceptors (Lipinski definition) is 3. The molecule has 2 atom stereocenters. The highest BCUT2D eigenvalue weighted by molar-refractivity contribution is 5.96. The smallest absolute Gasteiger partial charge is 0.247 e. The van der Waals surface area contributed by atoms with Crippen LogP contribution in [-0.4, -0.2) is 26.3 Å². The molecule has 6 heteroatoms.